The number of halogens is 1. The predicted octanol–water partition coefficient (Wildman–Crippen LogP) is 3.55. The van der Waals surface area contributed by atoms with Gasteiger partial charge in [-0.15, -0.1) is 0 Å². The van der Waals surface area contributed by atoms with E-state index in [0.717, 1.165) is 22.0 Å². The first-order valence-electron chi connectivity index (χ1n) is 5.71. The van der Waals surface area contributed by atoms with Crippen molar-refractivity contribution >= 4 is 21.8 Å². The fourth-order valence-corrected chi connectivity index (χ4v) is 1.89. The van der Waals surface area contributed by atoms with Crippen LogP contribution in [-0.4, -0.2) is 28.7 Å². The van der Waals surface area contributed by atoms with E-state index in [0.29, 0.717) is 0 Å². The summed E-state index contributed by atoms with van der Waals surface area (Å²) in [5, 5.41) is 0.757. The Morgan fingerprint density at radius 1 is 1.35 bits per heavy atom. The molecule has 0 aliphatic heterocycles. The van der Waals surface area contributed by atoms with E-state index >= 15 is 0 Å². The van der Waals surface area contributed by atoms with Crippen LogP contribution in [-0.2, 0) is 0 Å². The van der Waals surface area contributed by atoms with Crippen LogP contribution in [0.3, 0.4) is 0 Å². The summed E-state index contributed by atoms with van der Waals surface area (Å²) in [5.74, 6) is 0.0793. The van der Waals surface area contributed by atoms with E-state index in [2.05, 4.69) is 15.9 Å². The van der Waals surface area contributed by atoms with Crippen molar-refractivity contribution in [2.45, 2.75) is 33.2 Å². The molecule has 0 atom stereocenters. The predicted molar refractivity (Wildman–Crippen MR) is 75.9 cm³/mol. The monoisotopic (exact) mass is 297 g/mol. The molecule has 0 radical (unpaired) electrons. The summed E-state index contributed by atoms with van der Waals surface area (Å²) in [6.07, 6.45) is 0. The topological polar surface area (TPSA) is 20.3 Å². The van der Waals surface area contributed by atoms with Crippen LogP contribution in [0.1, 0.15) is 35.3 Å². The maximum absolute atomic E-state index is 12.4. The van der Waals surface area contributed by atoms with Crippen LogP contribution in [0.15, 0.2) is 18.2 Å². The molecule has 0 heterocycles. The Kier molecular flexibility index (Phi) is 4.36. The zero-order valence-corrected chi connectivity index (χ0v) is 12.8. The summed E-state index contributed by atoms with van der Waals surface area (Å²) in [4.78, 5) is 14.2. The second-order valence-corrected chi connectivity index (χ2v) is 5.69. The highest BCUT2D eigenvalue weighted by Crippen LogP contribution is 2.20. The van der Waals surface area contributed by atoms with Crippen molar-refractivity contribution in [2.75, 3.05) is 12.4 Å². The van der Waals surface area contributed by atoms with Gasteiger partial charge in [-0.05, 0) is 39.3 Å². The van der Waals surface area contributed by atoms with Crippen molar-refractivity contribution in [1.29, 1.82) is 0 Å². The van der Waals surface area contributed by atoms with Crippen molar-refractivity contribution in [3.8, 4) is 0 Å². The molecule has 0 saturated carbocycles. The van der Waals surface area contributed by atoms with E-state index in [1.54, 1.807) is 4.90 Å². The number of hydrogen-bond donors (Lipinski definition) is 0. The Labute approximate surface area is 112 Å². The Morgan fingerprint density at radius 3 is 2.47 bits per heavy atom. The van der Waals surface area contributed by atoms with Gasteiger partial charge in [0.2, 0.25) is 0 Å². The number of carbonyl (C=O) groups is 1. The van der Waals surface area contributed by atoms with Gasteiger partial charge in [0.15, 0.2) is 0 Å². The second kappa shape index (κ2) is 5.21. The van der Waals surface area contributed by atoms with E-state index in [1.165, 1.54) is 0 Å². The van der Waals surface area contributed by atoms with E-state index in [4.69, 9.17) is 0 Å². The summed E-state index contributed by atoms with van der Waals surface area (Å²) in [6, 6.07) is 5.98. The molecule has 0 bridgehead atoms. The van der Waals surface area contributed by atoms with Crippen molar-refractivity contribution < 1.29 is 4.79 Å². The number of carbonyl (C=O) groups excluding carboxylic acids is 1. The van der Waals surface area contributed by atoms with E-state index in [1.807, 2.05) is 52.9 Å². The third-order valence-corrected chi connectivity index (χ3v) is 4.54. The average molecular weight is 298 g/mol. The molecule has 1 aromatic carbocycles. The molecule has 0 aromatic heterocycles. The quantitative estimate of drug-likeness (QED) is 0.782. The lowest BCUT2D eigenvalue weighted by atomic mass is 10.0. The van der Waals surface area contributed by atoms with Crippen molar-refractivity contribution in [2.24, 2.45) is 0 Å². The molecular weight excluding hydrogens is 278 g/mol. The molecule has 0 saturated heterocycles. The number of hydrogen-bond acceptors (Lipinski definition) is 1. The van der Waals surface area contributed by atoms with Crippen LogP contribution in [0.5, 0.6) is 0 Å². The average Bonchev–Trinajstić information content (AvgIpc) is 2.30. The molecular formula is C14H20BrNO. The zero-order chi connectivity index (χ0) is 13.2. The minimum atomic E-state index is -0.187. The number of benzene rings is 1. The maximum Gasteiger partial charge on any atom is 0.254 e. The summed E-state index contributed by atoms with van der Waals surface area (Å²) >= 11 is 3.45. The van der Waals surface area contributed by atoms with Crippen molar-refractivity contribution in [3.05, 3.63) is 34.9 Å². The van der Waals surface area contributed by atoms with Crippen molar-refractivity contribution in [1.82, 2.24) is 4.90 Å². The molecule has 3 heteroatoms. The van der Waals surface area contributed by atoms with Gasteiger partial charge in [0.05, 0.1) is 0 Å². The highest BCUT2D eigenvalue weighted by molar-refractivity contribution is 9.09. The van der Waals surface area contributed by atoms with E-state index in [-0.39, 0.29) is 11.4 Å². The van der Waals surface area contributed by atoms with Crippen LogP contribution >= 0.6 is 15.9 Å². The second-order valence-electron chi connectivity index (χ2n) is 5.13. The summed E-state index contributed by atoms with van der Waals surface area (Å²) in [6.45, 7) is 8.07. The van der Waals surface area contributed by atoms with Gasteiger partial charge < -0.3 is 4.90 Å². The molecule has 1 rings (SSSR count). The lowest BCUT2D eigenvalue weighted by Crippen LogP contribution is -2.46. The maximum atomic E-state index is 12.4. The lowest BCUT2D eigenvalue weighted by Gasteiger charge is -2.34. The normalized spacial score (nSPS) is 11.4. The molecule has 94 valence electrons. The smallest absolute Gasteiger partial charge is 0.254 e. The van der Waals surface area contributed by atoms with Crippen LogP contribution in [0.2, 0.25) is 0 Å². The van der Waals surface area contributed by atoms with Gasteiger partial charge in [-0.2, -0.15) is 0 Å². The van der Waals surface area contributed by atoms with Crippen LogP contribution in [0, 0.1) is 13.8 Å². The molecule has 0 N–H and O–H groups in total. The van der Waals surface area contributed by atoms with Crippen LogP contribution in [0.4, 0.5) is 0 Å². The van der Waals surface area contributed by atoms with Gasteiger partial charge >= 0.3 is 0 Å². The summed E-state index contributed by atoms with van der Waals surface area (Å²) in [5.41, 5.74) is 2.75. The minimum absolute atomic E-state index is 0.0793. The van der Waals surface area contributed by atoms with E-state index < -0.39 is 0 Å². The number of aryl methyl sites for hydroxylation is 2. The summed E-state index contributed by atoms with van der Waals surface area (Å²) < 4.78 is 0. The molecule has 0 fully saturated rings. The molecule has 1 amide bonds. The Balaban J connectivity index is 3.08. The zero-order valence-electron chi connectivity index (χ0n) is 11.2. The Hall–Kier alpha value is -0.830. The van der Waals surface area contributed by atoms with Gasteiger partial charge in [0.1, 0.15) is 0 Å². The molecule has 0 aliphatic rings. The largest absolute Gasteiger partial charge is 0.336 e. The standard InChI is InChI=1S/C14H20BrNO/c1-10-6-7-11(2)12(8-10)13(17)16(5)14(3,4)9-15/h6-8H,9H2,1-5H3. The third kappa shape index (κ3) is 3.09. The molecule has 1 aromatic rings. The van der Waals surface area contributed by atoms with Gasteiger partial charge in [-0.3, -0.25) is 4.79 Å². The highest BCUT2D eigenvalue weighted by atomic mass is 79.9. The minimum Gasteiger partial charge on any atom is -0.336 e. The first kappa shape index (κ1) is 14.2. The number of alkyl halides is 1. The van der Waals surface area contributed by atoms with E-state index in [9.17, 15) is 4.79 Å². The third-order valence-electron chi connectivity index (χ3n) is 3.16. The van der Waals surface area contributed by atoms with Crippen LogP contribution < -0.4 is 0 Å². The first-order valence-corrected chi connectivity index (χ1v) is 6.83. The summed E-state index contributed by atoms with van der Waals surface area (Å²) in [7, 11) is 1.85. The number of amides is 1. The molecule has 0 spiro atoms. The highest BCUT2D eigenvalue weighted by Gasteiger charge is 2.27. The van der Waals surface area contributed by atoms with Gasteiger partial charge in [0, 0.05) is 23.5 Å². The number of nitrogens with zero attached hydrogens (tertiary/aromatic N) is 1. The first-order chi connectivity index (χ1) is 7.79. The van der Waals surface area contributed by atoms with Gasteiger partial charge in [-0.1, -0.05) is 33.6 Å². The lowest BCUT2D eigenvalue weighted by molar-refractivity contribution is 0.0663. The molecule has 0 unspecified atom stereocenters. The van der Waals surface area contributed by atoms with Gasteiger partial charge in [-0.25, -0.2) is 0 Å². The Morgan fingerprint density at radius 2 is 1.94 bits per heavy atom. The number of rotatable bonds is 3. The molecule has 0 aliphatic carbocycles. The van der Waals surface area contributed by atoms with Gasteiger partial charge in [0.25, 0.3) is 5.91 Å². The van der Waals surface area contributed by atoms with Crippen LogP contribution in [0.25, 0.3) is 0 Å². The fourth-order valence-electron chi connectivity index (χ4n) is 1.51. The fraction of sp³-hybridized carbons (Fsp3) is 0.500. The SMILES string of the molecule is Cc1ccc(C)c(C(=O)N(C)C(C)(C)CBr)c1. The Bertz CT molecular complexity index is 426. The van der Waals surface area contributed by atoms with Crippen molar-refractivity contribution in [3.63, 3.8) is 0 Å². The molecule has 2 nitrogen and oxygen atoms in total. The molecule has 17 heavy (non-hydrogen) atoms.